The van der Waals surface area contributed by atoms with Crippen LogP contribution in [-0.4, -0.2) is 45.9 Å². The van der Waals surface area contributed by atoms with Gasteiger partial charge in [0.2, 0.25) is 5.91 Å². The molecule has 0 bridgehead atoms. The molecule has 2 N–H and O–H groups in total. The number of nitro benzene ring substituents is 1. The van der Waals surface area contributed by atoms with Gasteiger partial charge in [-0.2, -0.15) is 0 Å². The van der Waals surface area contributed by atoms with Crippen LogP contribution in [-0.2, 0) is 9.59 Å². The molecule has 2 rings (SSSR count). The fraction of sp³-hybridized carbons (Fsp3) is 0.467. The lowest BCUT2D eigenvalue weighted by Gasteiger charge is -2.34. The van der Waals surface area contributed by atoms with E-state index in [-0.39, 0.29) is 29.7 Å². The summed E-state index contributed by atoms with van der Waals surface area (Å²) in [6.07, 6.45) is 1.31. The lowest BCUT2D eigenvalue weighted by Crippen LogP contribution is -2.48. The topological polar surface area (TPSA) is 113 Å². The van der Waals surface area contributed by atoms with Crippen LogP contribution in [0.3, 0.4) is 0 Å². The lowest BCUT2D eigenvalue weighted by molar-refractivity contribution is -0.383. The number of nitro groups is 1. The summed E-state index contributed by atoms with van der Waals surface area (Å²) in [6, 6.07) is 5.37. The Bertz CT molecular complexity index is 625. The number of nitrogens with one attached hydrogen (secondary N) is 1. The van der Waals surface area contributed by atoms with Gasteiger partial charge < -0.3 is 10.4 Å². The van der Waals surface area contributed by atoms with Crippen LogP contribution in [0.15, 0.2) is 24.3 Å². The SMILES string of the molecule is CC(C(=O)Nc1ccccc1[N+](=O)[O-])N1CCCC(C(=O)O)C1.Cl. The van der Waals surface area contributed by atoms with Crippen molar-refractivity contribution in [1.29, 1.82) is 0 Å². The summed E-state index contributed by atoms with van der Waals surface area (Å²) in [5.74, 6) is -1.73. The summed E-state index contributed by atoms with van der Waals surface area (Å²) >= 11 is 0. The normalized spacial score (nSPS) is 19.0. The highest BCUT2D eigenvalue weighted by Crippen LogP contribution is 2.24. The maximum Gasteiger partial charge on any atom is 0.307 e. The smallest absolute Gasteiger partial charge is 0.307 e. The van der Waals surface area contributed by atoms with Crippen molar-refractivity contribution in [2.75, 3.05) is 18.4 Å². The number of hydrogen-bond donors (Lipinski definition) is 2. The number of piperidine rings is 1. The first kappa shape index (κ1) is 19.9. The number of para-hydroxylation sites is 2. The van der Waals surface area contributed by atoms with Crippen LogP contribution in [0, 0.1) is 16.0 Å². The molecule has 0 aliphatic carbocycles. The molecule has 132 valence electrons. The van der Waals surface area contributed by atoms with E-state index in [1.165, 1.54) is 18.2 Å². The molecule has 0 radical (unpaired) electrons. The summed E-state index contributed by atoms with van der Waals surface area (Å²) in [5.41, 5.74) is -0.0312. The van der Waals surface area contributed by atoms with Crippen LogP contribution >= 0.6 is 12.4 Å². The number of carboxylic acids is 1. The van der Waals surface area contributed by atoms with Gasteiger partial charge in [0, 0.05) is 12.6 Å². The van der Waals surface area contributed by atoms with E-state index in [1.807, 2.05) is 0 Å². The van der Waals surface area contributed by atoms with Crippen LogP contribution in [0.5, 0.6) is 0 Å². The zero-order chi connectivity index (χ0) is 17.0. The standard InChI is InChI=1S/C15H19N3O5.ClH/c1-10(17-8-4-5-11(9-17)15(20)21)14(19)16-12-6-2-3-7-13(12)18(22)23;/h2-3,6-7,10-11H,4-5,8-9H2,1H3,(H,16,19)(H,20,21);1H. The molecule has 24 heavy (non-hydrogen) atoms. The van der Waals surface area contributed by atoms with Gasteiger partial charge in [-0.25, -0.2) is 0 Å². The number of hydrogen-bond acceptors (Lipinski definition) is 5. The zero-order valence-electron chi connectivity index (χ0n) is 13.2. The molecule has 1 aliphatic heterocycles. The molecular formula is C15H20ClN3O5. The zero-order valence-corrected chi connectivity index (χ0v) is 14.0. The summed E-state index contributed by atoms with van der Waals surface area (Å²) in [6.45, 7) is 2.62. The summed E-state index contributed by atoms with van der Waals surface area (Å²) < 4.78 is 0. The minimum Gasteiger partial charge on any atom is -0.481 e. The van der Waals surface area contributed by atoms with Gasteiger partial charge in [-0.15, -0.1) is 12.4 Å². The molecule has 8 nitrogen and oxygen atoms in total. The number of carbonyl (C=O) groups is 2. The maximum absolute atomic E-state index is 12.3. The molecule has 1 heterocycles. The van der Waals surface area contributed by atoms with Gasteiger partial charge in [0.05, 0.1) is 16.9 Å². The van der Waals surface area contributed by atoms with Gasteiger partial charge in [-0.1, -0.05) is 12.1 Å². The second-order valence-electron chi connectivity index (χ2n) is 5.61. The van der Waals surface area contributed by atoms with Gasteiger partial charge >= 0.3 is 5.97 Å². The van der Waals surface area contributed by atoms with Crippen molar-refractivity contribution < 1.29 is 19.6 Å². The molecule has 0 aromatic heterocycles. The Hall–Kier alpha value is -2.19. The number of halogens is 1. The fourth-order valence-electron chi connectivity index (χ4n) is 2.70. The number of amides is 1. The molecule has 2 atom stereocenters. The third kappa shape index (κ3) is 4.65. The maximum atomic E-state index is 12.3. The van der Waals surface area contributed by atoms with E-state index < -0.39 is 22.9 Å². The largest absolute Gasteiger partial charge is 0.481 e. The van der Waals surface area contributed by atoms with Crippen molar-refractivity contribution in [3.8, 4) is 0 Å². The van der Waals surface area contributed by atoms with Crippen molar-refractivity contribution >= 4 is 35.7 Å². The second kappa shape index (κ2) is 8.60. The molecule has 9 heteroatoms. The third-order valence-electron chi connectivity index (χ3n) is 4.09. The van der Waals surface area contributed by atoms with Crippen molar-refractivity contribution in [3.05, 3.63) is 34.4 Å². The van der Waals surface area contributed by atoms with Gasteiger partial charge in [-0.3, -0.25) is 24.6 Å². The highest BCUT2D eigenvalue weighted by molar-refractivity contribution is 5.96. The predicted octanol–water partition coefficient (Wildman–Crippen LogP) is 2.14. The molecule has 0 spiro atoms. The van der Waals surface area contributed by atoms with Crippen LogP contribution in [0.2, 0.25) is 0 Å². The third-order valence-corrected chi connectivity index (χ3v) is 4.09. The van der Waals surface area contributed by atoms with Gasteiger partial charge in [-0.05, 0) is 32.4 Å². The Morgan fingerprint density at radius 2 is 2.08 bits per heavy atom. The number of anilines is 1. The van der Waals surface area contributed by atoms with Crippen LogP contribution in [0.25, 0.3) is 0 Å². The number of benzene rings is 1. The Morgan fingerprint density at radius 3 is 2.71 bits per heavy atom. The van der Waals surface area contributed by atoms with Gasteiger partial charge in [0.15, 0.2) is 0 Å². The average molecular weight is 358 g/mol. The van der Waals surface area contributed by atoms with Crippen LogP contribution in [0.1, 0.15) is 19.8 Å². The number of rotatable bonds is 5. The highest BCUT2D eigenvalue weighted by atomic mass is 35.5. The molecular weight excluding hydrogens is 338 g/mol. The molecule has 1 aromatic rings. The molecule has 1 saturated heterocycles. The Labute approximate surface area is 145 Å². The van der Waals surface area contributed by atoms with Gasteiger partial charge in [0.25, 0.3) is 5.69 Å². The first-order chi connectivity index (χ1) is 10.9. The number of carboxylic acid groups (broad SMARTS) is 1. The molecule has 1 fully saturated rings. The van der Waals surface area contributed by atoms with Crippen LogP contribution in [0.4, 0.5) is 11.4 Å². The molecule has 1 aromatic carbocycles. The average Bonchev–Trinajstić information content (AvgIpc) is 2.54. The number of likely N-dealkylation sites (tertiary alicyclic amines) is 1. The van der Waals surface area contributed by atoms with Crippen molar-refractivity contribution in [2.45, 2.75) is 25.8 Å². The van der Waals surface area contributed by atoms with Crippen molar-refractivity contribution in [3.63, 3.8) is 0 Å². The number of aliphatic carboxylic acids is 1. The van der Waals surface area contributed by atoms with E-state index in [2.05, 4.69) is 5.32 Å². The van der Waals surface area contributed by atoms with E-state index in [9.17, 15) is 19.7 Å². The molecule has 0 saturated carbocycles. The summed E-state index contributed by atoms with van der Waals surface area (Å²) in [7, 11) is 0. The lowest BCUT2D eigenvalue weighted by atomic mass is 9.97. The van der Waals surface area contributed by atoms with E-state index in [4.69, 9.17) is 5.11 Å². The Balaban J connectivity index is 0.00000288. The minimum absolute atomic E-state index is 0. The first-order valence-corrected chi connectivity index (χ1v) is 7.41. The minimum atomic E-state index is -0.860. The molecule has 2 unspecified atom stereocenters. The van der Waals surface area contributed by atoms with Crippen LogP contribution < -0.4 is 5.32 Å². The Morgan fingerprint density at radius 1 is 1.42 bits per heavy atom. The Kier molecular flexibility index (Phi) is 7.12. The highest BCUT2D eigenvalue weighted by Gasteiger charge is 2.31. The van der Waals surface area contributed by atoms with E-state index >= 15 is 0 Å². The monoisotopic (exact) mass is 357 g/mol. The first-order valence-electron chi connectivity index (χ1n) is 7.41. The van der Waals surface area contributed by atoms with Gasteiger partial charge in [0.1, 0.15) is 5.69 Å². The number of carbonyl (C=O) groups excluding carboxylic acids is 1. The van der Waals surface area contributed by atoms with E-state index in [0.29, 0.717) is 25.9 Å². The predicted molar refractivity (Wildman–Crippen MR) is 90.4 cm³/mol. The summed E-state index contributed by atoms with van der Waals surface area (Å²) in [4.78, 5) is 35.7. The summed E-state index contributed by atoms with van der Waals surface area (Å²) in [5, 5.41) is 22.6. The second-order valence-corrected chi connectivity index (χ2v) is 5.61. The van der Waals surface area contributed by atoms with E-state index in [0.717, 1.165) is 0 Å². The molecule has 1 aliphatic rings. The van der Waals surface area contributed by atoms with Crippen molar-refractivity contribution in [2.24, 2.45) is 5.92 Å². The quantitative estimate of drug-likeness (QED) is 0.616. The fourth-order valence-corrected chi connectivity index (χ4v) is 2.70. The van der Waals surface area contributed by atoms with Crippen molar-refractivity contribution in [1.82, 2.24) is 4.90 Å². The molecule has 1 amide bonds. The number of nitrogens with zero attached hydrogens (tertiary/aromatic N) is 2. The van der Waals surface area contributed by atoms with E-state index in [1.54, 1.807) is 17.9 Å².